The highest BCUT2D eigenvalue weighted by molar-refractivity contribution is 8.76. The van der Waals surface area contributed by atoms with Gasteiger partial charge in [-0.15, -0.1) is 0 Å². The summed E-state index contributed by atoms with van der Waals surface area (Å²) in [4.78, 5) is 23.3. The van der Waals surface area contributed by atoms with Gasteiger partial charge in [-0.2, -0.15) is 0 Å². The number of aromatic carboxylic acids is 2. The van der Waals surface area contributed by atoms with E-state index in [2.05, 4.69) is 0 Å². The molecular weight excluding hydrogens is 321 g/mol. The molecule has 2 aromatic carbocycles. The molecule has 7 heteroatoms. The lowest BCUT2D eigenvalue weighted by atomic mass is 10.2. The Morgan fingerprint density at radius 3 is 1.19 bits per heavy atom. The average Bonchev–Trinajstić information content (AvgIpc) is 2.46. The number of carboxylic acid groups (broad SMARTS) is 2. The predicted molar refractivity (Wildman–Crippen MR) is 87.1 cm³/mol. The van der Waals surface area contributed by atoms with E-state index in [0.29, 0.717) is 0 Å². The van der Waals surface area contributed by atoms with Crippen LogP contribution in [0.15, 0.2) is 58.3 Å². The van der Waals surface area contributed by atoms with Crippen LogP contribution < -0.4 is 0 Å². The van der Waals surface area contributed by atoms with Gasteiger partial charge in [0, 0.05) is 9.79 Å². The topological polar surface area (TPSA) is 74.6 Å². The fourth-order valence-corrected chi connectivity index (χ4v) is 3.33. The highest BCUT2D eigenvalue weighted by Gasteiger charge is 2.04. The molecule has 0 bridgehead atoms. The zero-order valence-corrected chi connectivity index (χ0v) is 11.8. The molecule has 0 aliphatic rings. The molecule has 4 nitrogen and oxygen atoms in total. The second kappa shape index (κ2) is 8.33. The molecule has 0 aromatic heterocycles. The summed E-state index contributed by atoms with van der Waals surface area (Å²) in [6.45, 7) is 0. The maximum atomic E-state index is 10.7. The van der Waals surface area contributed by atoms with Crippen LogP contribution in [0.5, 0.6) is 0 Å². The van der Waals surface area contributed by atoms with Gasteiger partial charge in [-0.1, -0.05) is 21.6 Å². The first-order chi connectivity index (χ1) is 9.56. The Balaban J connectivity index is 0.00000220. The molecule has 2 N–H and O–H groups in total. The van der Waals surface area contributed by atoms with Gasteiger partial charge in [0.2, 0.25) is 0 Å². The molecule has 0 saturated carbocycles. The first-order valence-corrected chi connectivity index (χ1v) is 7.72. The number of carboxylic acids is 2. The summed E-state index contributed by atoms with van der Waals surface area (Å²) in [5, 5.41) is 17.6. The van der Waals surface area contributed by atoms with Gasteiger partial charge in [0.25, 0.3) is 0 Å². The maximum absolute atomic E-state index is 10.7. The fourth-order valence-electron chi connectivity index (χ4n) is 1.40. The Morgan fingerprint density at radius 1 is 0.667 bits per heavy atom. The van der Waals surface area contributed by atoms with Crippen molar-refractivity contribution in [1.29, 1.82) is 0 Å². The number of hydrogen-bond donors (Lipinski definition) is 2. The number of rotatable bonds is 5. The van der Waals surface area contributed by atoms with Crippen LogP contribution in [-0.4, -0.2) is 45.2 Å². The molecule has 0 radical (unpaired) electrons. The second-order valence-corrected chi connectivity index (χ2v) is 6.10. The van der Waals surface area contributed by atoms with Crippen molar-refractivity contribution < 1.29 is 19.8 Å². The van der Waals surface area contributed by atoms with Gasteiger partial charge >= 0.3 is 35.0 Å². The van der Waals surface area contributed by atoms with E-state index < -0.39 is 11.9 Å². The van der Waals surface area contributed by atoms with E-state index >= 15 is 0 Å². The largest absolute Gasteiger partial charge is 0.478 e. The summed E-state index contributed by atoms with van der Waals surface area (Å²) < 4.78 is 0. The van der Waals surface area contributed by atoms with Crippen LogP contribution in [-0.2, 0) is 0 Å². The van der Waals surface area contributed by atoms with Crippen LogP contribution in [0.25, 0.3) is 0 Å². The summed E-state index contributed by atoms with van der Waals surface area (Å²) in [6.07, 6.45) is 0. The van der Waals surface area contributed by atoms with Gasteiger partial charge in [0.15, 0.2) is 0 Å². The second-order valence-electron chi connectivity index (χ2n) is 3.83. The van der Waals surface area contributed by atoms with E-state index in [-0.39, 0.29) is 34.2 Å². The normalized spacial score (nSPS) is 9.71. The first kappa shape index (κ1) is 17.9. The monoisotopic (exact) mass is 332 g/mol. The Kier molecular flexibility index (Phi) is 7.10. The molecule has 0 fully saturated rings. The van der Waals surface area contributed by atoms with Gasteiger partial charge in [-0.3, -0.25) is 0 Å². The van der Waals surface area contributed by atoms with Crippen LogP contribution in [0.1, 0.15) is 20.7 Å². The SMILES string of the molecule is O=C(O)c1ccc(SSc2ccc(C(=O)O)cc2)cc1.[MgH2]. The number of hydrogen-bond acceptors (Lipinski definition) is 4. The predicted octanol–water partition coefficient (Wildman–Crippen LogP) is 2.97. The molecular formula is C14H12MgO4S2. The molecule has 0 aliphatic heterocycles. The van der Waals surface area contributed by atoms with Crippen molar-refractivity contribution in [2.24, 2.45) is 0 Å². The van der Waals surface area contributed by atoms with Crippen LogP contribution in [0, 0.1) is 0 Å². The molecule has 2 rings (SSSR count). The van der Waals surface area contributed by atoms with Crippen molar-refractivity contribution in [1.82, 2.24) is 0 Å². The summed E-state index contributed by atoms with van der Waals surface area (Å²) in [6, 6.07) is 13.2. The Bertz CT molecular complexity index is 569. The quantitative estimate of drug-likeness (QED) is 0.647. The summed E-state index contributed by atoms with van der Waals surface area (Å²) in [5.41, 5.74) is 0.510. The minimum atomic E-state index is -0.946. The first-order valence-electron chi connectivity index (χ1n) is 5.57. The third-order valence-corrected chi connectivity index (χ3v) is 4.85. The van der Waals surface area contributed by atoms with E-state index in [1.807, 2.05) is 0 Å². The van der Waals surface area contributed by atoms with Gasteiger partial charge < -0.3 is 10.2 Å². The standard InChI is InChI=1S/C14H10O4S2.Mg.2H/c15-13(16)9-1-5-11(6-2-9)19-20-12-7-3-10(4-8-12)14(17)18;;;/h1-8H,(H,15,16)(H,17,18);;;. The lowest BCUT2D eigenvalue weighted by molar-refractivity contribution is 0.0686. The molecule has 0 spiro atoms. The molecule has 21 heavy (non-hydrogen) atoms. The van der Waals surface area contributed by atoms with E-state index in [1.54, 1.807) is 48.5 Å². The fraction of sp³-hybridized carbons (Fsp3) is 0. The summed E-state index contributed by atoms with van der Waals surface area (Å²) in [5.74, 6) is -1.89. The molecule has 0 saturated heterocycles. The molecule has 0 heterocycles. The van der Waals surface area contributed by atoms with E-state index in [4.69, 9.17) is 10.2 Å². The Hall–Kier alpha value is -1.15. The Labute approximate surface area is 145 Å². The van der Waals surface area contributed by atoms with Gasteiger partial charge in [-0.05, 0) is 48.5 Å². The van der Waals surface area contributed by atoms with Crippen molar-refractivity contribution in [2.75, 3.05) is 0 Å². The van der Waals surface area contributed by atoms with Crippen molar-refractivity contribution in [3.05, 3.63) is 59.7 Å². The van der Waals surface area contributed by atoms with Crippen molar-refractivity contribution >= 4 is 56.6 Å². The molecule has 0 unspecified atom stereocenters. The van der Waals surface area contributed by atoms with Crippen molar-refractivity contribution in [3.63, 3.8) is 0 Å². The van der Waals surface area contributed by atoms with E-state index in [1.165, 1.54) is 21.6 Å². The van der Waals surface area contributed by atoms with Crippen LogP contribution in [0.3, 0.4) is 0 Å². The van der Waals surface area contributed by atoms with Gasteiger partial charge in [0.05, 0.1) is 11.1 Å². The van der Waals surface area contributed by atoms with E-state index in [0.717, 1.165) is 9.79 Å². The van der Waals surface area contributed by atoms with Crippen LogP contribution in [0.4, 0.5) is 0 Å². The number of carbonyl (C=O) groups is 2. The van der Waals surface area contributed by atoms with Crippen molar-refractivity contribution in [2.45, 2.75) is 9.79 Å². The molecule has 106 valence electrons. The number of benzene rings is 2. The summed E-state index contributed by atoms with van der Waals surface area (Å²) in [7, 11) is 2.97. The highest BCUT2D eigenvalue weighted by Crippen LogP contribution is 2.37. The van der Waals surface area contributed by atoms with Crippen molar-refractivity contribution in [3.8, 4) is 0 Å². The molecule has 0 amide bonds. The average molecular weight is 333 g/mol. The summed E-state index contributed by atoms with van der Waals surface area (Å²) >= 11 is 0. The van der Waals surface area contributed by atoms with Gasteiger partial charge in [0.1, 0.15) is 0 Å². The smallest absolute Gasteiger partial charge is 0.335 e. The zero-order chi connectivity index (χ0) is 14.5. The lowest BCUT2D eigenvalue weighted by Crippen LogP contribution is -1.94. The maximum Gasteiger partial charge on any atom is 0.335 e. The minimum absolute atomic E-state index is 0. The Morgan fingerprint density at radius 2 is 0.952 bits per heavy atom. The zero-order valence-electron chi connectivity index (χ0n) is 10.1. The van der Waals surface area contributed by atoms with Gasteiger partial charge in [-0.25, -0.2) is 9.59 Å². The van der Waals surface area contributed by atoms with Crippen LogP contribution in [0.2, 0.25) is 0 Å². The molecule has 2 aromatic rings. The molecule has 0 aliphatic carbocycles. The highest BCUT2D eigenvalue weighted by atomic mass is 33.1. The lowest BCUT2D eigenvalue weighted by Gasteiger charge is -2.02. The third-order valence-electron chi connectivity index (χ3n) is 2.44. The van der Waals surface area contributed by atoms with E-state index in [9.17, 15) is 9.59 Å². The van der Waals surface area contributed by atoms with Crippen LogP contribution >= 0.6 is 21.6 Å². The third kappa shape index (κ3) is 5.27. The minimum Gasteiger partial charge on any atom is -0.478 e. The molecule has 0 atom stereocenters.